The molecule has 1 nitrogen and oxygen atoms in total. The molecule has 3 fully saturated rings. The van der Waals surface area contributed by atoms with Crippen LogP contribution in [-0.2, 0) is 0 Å². The van der Waals surface area contributed by atoms with E-state index in [0.29, 0.717) is 0 Å². The summed E-state index contributed by atoms with van der Waals surface area (Å²) in [6, 6.07) is 0. The van der Waals surface area contributed by atoms with Gasteiger partial charge in [0.15, 0.2) is 0 Å². The van der Waals surface area contributed by atoms with Crippen molar-refractivity contribution in [2.45, 2.75) is 83.2 Å². The van der Waals surface area contributed by atoms with Crippen LogP contribution in [0.5, 0.6) is 0 Å². The van der Waals surface area contributed by atoms with Gasteiger partial charge in [-0.3, -0.25) is 0 Å². The van der Waals surface area contributed by atoms with Crippen molar-refractivity contribution in [3.8, 4) is 0 Å². The highest BCUT2D eigenvalue weighted by Gasteiger charge is 2.29. The number of likely N-dealkylation sites (tertiary alicyclic amines) is 1. The lowest BCUT2D eigenvalue weighted by Gasteiger charge is -2.35. The van der Waals surface area contributed by atoms with Gasteiger partial charge in [0.2, 0.25) is 0 Å². The number of hydrogen-bond donors (Lipinski definition) is 1. The number of rotatable bonds is 4. The predicted molar refractivity (Wildman–Crippen MR) is 86.3 cm³/mol. The molecule has 2 heteroatoms. The first-order valence-electron chi connectivity index (χ1n) is 9.77. The molecule has 3 rings (SSSR count). The van der Waals surface area contributed by atoms with Gasteiger partial charge in [0.1, 0.15) is 6.17 Å². The van der Waals surface area contributed by atoms with E-state index in [4.69, 9.17) is 0 Å². The van der Waals surface area contributed by atoms with Crippen LogP contribution in [0.15, 0.2) is 0 Å². The van der Waals surface area contributed by atoms with Crippen LogP contribution in [-0.4, -0.2) is 25.8 Å². The summed E-state index contributed by atoms with van der Waals surface area (Å²) < 4.78 is 13.2. The first kappa shape index (κ1) is 15.8. The number of nitrogens with one attached hydrogen (secondary N) is 1. The second-order valence-corrected chi connectivity index (χ2v) is 8.26. The van der Waals surface area contributed by atoms with E-state index in [1.54, 1.807) is 0 Å². The molecule has 0 aromatic carbocycles. The van der Waals surface area contributed by atoms with Crippen LogP contribution in [0, 0.1) is 17.8 Å². The third-order valence-corrected chi connectivity index (χ3v) is 6.56. The van der Waals surface area contributed by atoms with Gasteiger partial charge in [0, 0.05) is 5.92 Å². The average molecular weight is 296 g/mol. The van der Waals surface area contributed by atoms with Crippen LogP contribution >= 0.6 is 0 Å². The van der Waals surface area contributed by atoms with Gasteiger partial charge in [-0.2, -0.15) is 0 Å². The molecule has 0 radical (unpaired) electrons. The van der Waals surface area contributed by atoms with Crippen LogP contribution in [0.3, 0.4) is 0 Å². The molecule has 1 heterocycles. The second-order valence-electron chi connectivity index (χ2n) is 8.26. The van der Waals surface area contributed by atoms with Crippen LogP contribution in [0.1, 0.15) is 77.0 Å². The molecule has 3 aliphatic rings. The lowest BCUT2D eigenvalue weighted by atomic mass is 9.79. The summed E-state index contributed by atoms with van der Waals surface area (Å²) in [5.41, 5.74) is 0. The highest BCUT2D eigenvalue weighted by molar-refractivity contribution is 4.74. The first-order valence-corrected chi connectivity index (χ1v) is 9.77. The normalized spacial score (nSPS) is 39.3. The molecule has 1 N–H and O–H groups in total. The van der Waals surface area contributed by atoms with Crippen LogP contribution in [0.25, 0.3) is 0 Å². The maximum atomic E-state index is 13.2. The van der Waals surface area contributed by atoms with Gasteiger partial charge in [0.05, 0.1) is 19.6 Å². The van der Waals surface area contributed by atoms with Gasteiger partial charge < -0.3 is 4.90 Å². The molecular formula is C19H35FN+. The Balaban J connectivity index is 1.33. The van der Waals surface area contributed by atoms with Gasteiger partial charge >= 0.3 is 0 Å². The van der Waals surface area contributed by atoms with E-state index in [2.05, 4.69) is 0 Å². The van der Waals surface area contributed by atoms with E-state index >= 15 is 0 Å². The van der Waals surface area contributed by atoms with E-state index < -0.39 is 6.17 Å². The summed E-state index contributed by atoms with van der Waals surface area (Å²) >= 11 is 0. The summed E-state index contributed by atoms with van der Waals surface area (Å²) in [6.07, 6.45) is 15.4. The minimum absolute atomic E-state index is 0.488. The van der Waals surface area contributed by atoms with Crippen molar-refractivity contribution in [1.29, 1.82) is 0 Å². The molecule has 0 amide bonds. The van der Waals surface area contributed by atoms with Gasteiger partial charge in [-0.15, -0.1) is 0 Å². The van der Waals surface area contributed by atoms with Gasteiger partial charge in [-0.05, 0) is 56.8 Å². The average Bonchev–Trinajstić information content (AvgIpc) is 2.53. The van der Waals surface area contributed by atoms with Crippen molar-refractivity contribution in [2.24, 2.45) is 17.8 Å². The van der Waals surface area contributed by atoms with Crippen molar-refractivity contribution >= 4 is 0 Å². The van der Waals surface area contributed by atoms with E-state index in [0.717, 1.165) is 43.4 Å². The van der Waals surface area contributed by atoms with Crippen molar-refractivity contribution in [1.82, 2.24) is 0 Å². The highest BCUT2D eigenvalue weighted by Crippen LogP contribution is 2.31. The van der Waals surface area contributed by atoms with E-state index in [1.807, 2.05) is 4.90 Å². The van der Waals surface area contributed by atoms with E-state index in [1.165, 1.54) is 71.0 Å². The fourth-order valence-electron chi connectivity index (χ4n) is 5.15. The molecular weight excluding hydrogens is 261 g/mol. The molecule has 122 valence electrons. The summed E-state index contributed by atoms with van der Waals surface area (Å²) in [4.78, 5) is 1.83. The Kier molecular flexibility index (Phi) is 5.97. The Bertz CT molecular complexity index is 284. The van der Waals surface area contributed by atoms with Gasteiger partial charge in [-0.25, -0.2) is 4.39 Å². The van der Waals surface area contributed by atoms with Crippen molar-refractivity contribution in [2.75, 3.05) is 19.6 Å². The molecule has 0 aromatic rings. The Labute approximate surface area is 130 Å². The fraction of sp³-hybridized carbons (Fsp3) is 1.00. The Hall–Kier alpha value is -0.110. The number of hydrogen-bond acceptors (Lipinski definition) is 0. The van der Waals surface area contributed by atoms with Crippen molar-refractivity contribution in [3.63, 3.8) is 0 Å². The lowest BCUT2D eigenvalue weighted by Crippen LogP contribution is -3.13. The molecule has 1 saturated heterocycles. The molecule has 0 unspecified atom stereocenters. The Morgan fingerprint density at radius 3 is 1.95 bits per heavy atom. The number of alkyl halides is 1. The minimum Gasteiger partial charge on any atom is -0.335 e. The summed E-state index contributed by atoms with van der Waals surface area (Å²) in [6.45, 7) is 4.13. The monoisotopic (exact) mass is 296 g/mol. The maximum Gasteiger partial charge on any atom is 0.100 e. The minimum atomic E-state index is -0.488. The zero-order valence-corrected chi connectivity index (χ0v) is 13.8. The third-order valence-electron chi connectivity index (χ3n) is 6.56. The zero-order valence-electron chi connectivity index (χ0n) is 13.8. The molecule has 0 aromatic heterocycles. The topological polar surface area (TPSA) is 4.44 Å². The van der Waals surface area contributed by atoms with Crippen molar-refractivity contribution < 1.29 is 9.29 Å². The fourth-order valence-corrected chi connectivity index (χ4v) is 5.15. The standard InChI is InChI=1S/C19H34FN/c20-19-8-6-18(7-9-19)15-21-12-10-17(11-13-21)14-16-4-2-1-3-5-16/h16-19H,1-15H2/p+1. The van der Waals surface area contributed by atoms with Crippen LogP contribution in [0.4, 0.5) is 4.39 Å². The number of quaternary nitrogens is 1. The third kappa shape index (κ3) is 4.94. The smallest absolute Gasteiger partial charge is 0.100 e. The van der Waals surface area contributed by atoms with Crippen LogP contribution in [0.2, 0.25) is 0 Å². The molecule has 1 aliphatic heterocycles. The molecule has 0 spiro atoms. The molecule has 2 aliphatic carbocycles. The largest absolute Gasteiger partial charge is 0.335 e. The number of piperidine rings is 1. The zero-order chi connectivity index (χ0) is 14.5. The van der Waals surface area contributed by atoms with E-state index in [-0.39, 0.29) is 0 Å². The van der Waals surface area contributed by atoms with Crippen molar-refractivity contribution in [3.05, 3.63) is 0 Å². The van der Waals surface area contributed by atoms with E-state index in [9.17, 15) is 4.39 Å². The summed E-state index contributed by atoms with van der Waals surface area (Å²) in [7, 11) is 0. The quantitative estimate of drug-likeness (QED) is 0.805. The summed E-state index contributed by atoms with van der Waals surface area (Å²) in [5, 5.41) is 0. The van der Waals surface area contributed by atoms with Gasteiger partial charge in [0.25, 0.3) is 0 Å². The lowest BCUT2D eigenvalue weighted by molar-refractivity contribution is -0.909. The predicted octanol–water partition coefficient (Wildman–Crippen LogP) is 3.78. The highest BCUT2D eigenvalue weighted by atomic mass is 19.1. The molecule has 21 heavy (non-hydrogen) atoms. The molecule has 0 atom stereocenters. The van der Waals surface area contributed by atoms with Gasteiger partial charge in [-0.1, -0.05) is 32.1 Å². The Morgan fingerprint density at radius 1 is 0.667 bits per heavy atom. The maximum absolute atomic E-state index is 13.2. The molecule has 2 saturated carbocycles. The second kappa shape index (κ2) is 7.94. The molecule has 0 bridgehead atoms. The first-order chi connectivity index (χ1) is 10.3. The van der Waals surface area contributed by atoms with Crippen LogP contribution < -0.4 is 4.90 Å². The Morgan fingerprint density at radius 2 is 1.29 bits per heavy atom. The number of halogens is 1. The summed E-state index contributed by atoms with van der Waals surface area (Å²) in [5.74, 6) is 2.91. The SMILES string of the molecule is FC1CCC(C[NH+]2CCC(CC3CCCCC3)CC2)CC1.